The second-order valence-corrected chi connectivity index (χ2v) is 5.30. The minimum atomic E-state index is -0.00115. The zero-order valence-electron chi connectivity index (χ0n) is 11.5. The largest absolute Gasteiger partial charge is 0.349 e. The molecule has 5 heteroatoms. The fourth-order valence-electron chi connectivity index (χ4n) is 2.66. The van der Waals surface area contributed by atoms with Crippen LogP contribution in [0.3, 0.4) is 0 Å². The van der Waals surface area contributed by atoms with Crippen LogP contribution in [0, 0.1) is 5.92 Å². The van der Waals surface area contributed by atoms with Crippen LogP contribution >= 0.6 is 0 Å². The van der Waals surface area contributed by atoms with Gasteiger partial charge in [0.2, 0.25) is 5.91 Å². The first-order valence-electron chi connectivity index (χ1n) is 6.98. The molecule has 2 unspecified atom stereocenters. The number of carbonyl (C=O) groups excluding carboxylic acids is 1. The summed E-state index contributed by atoms with van der Waals surface area (Å²) >= 11 is 0. The number of fused-ring (bicyclic) bond motifs is 1. The standard InChI is InChI=1S/C15H18N4O/c1-10(11-5-3-2-4-6-11)16-15(20)12-7-8-13-14(9-12)18-19-17-13/h2-6,10,12H,7-9H2,1H3,(H,16,20)(H,17,18,19). The minimum Gasteiger partial charge on any atom is -0.349 e. The van der Waals surface area contributed by atoms with E-state index < -0.39 is 0 Å². The van der Waals surface area contributed by atoms with Crippen LogP contribution in [0.1, 0.15) is 36.3 Å². The van der Waals surface area contributed by atoms with E-state index in [0.29, 0.717) is 6.42 Å². The van der Waals surface area contributed by atoms with Gasteiger partial charge in [-0.2, -0.15) is 15.4 Å². The molecule has 0 radical (unpaired) electrons. The Labute approximate surface area is 117 Å². The van der Waals surface area contributed by atoms with Gasteiger partial charge in [-0.25, -0.2) is 0 Å². The van der Waals surface area contributed by atoms with Crippen LogP contribution in [0.2, 0.25) is 0 Å². The number of hydrogen-bond acceptors (Lipinski definition) is 3. The summed E-state index contributed by atoms with van der Waals surface area (Å²) in [5.41, 5.74) is 3.06. The SMILES string of the molecule is CC(NC(=O)C1CCc2n[nH]nc2C1)c1ccccc1. The van der Waals surface area contributed by atoms with Gasteiger partial charge in [0, 0.05) is 12.3 Å². The van der Waals surface area contributed by atoms with Crippen molar-refractivity contribution in [2.24, 2.45) is 5.92 Å². The Bertz CT molecular complexity index is 593. The van der Waals surface area contributed by atoms with Gasteiger partial charge in [0.25, 0.3) is 0 Å². The number of nitrogens with zero attached hydrogens (tertiary/aromatic N) is 2. The Morgan fingerprint density at radius 2 is 2.05 bits per heavy atom. The number of rotatable bonds is 3. The van der Waals surface area contributed by atoms with Crippen molar-refractivity contribution in [3.8, 4) is 0 Å². The van der Waals surface area contributed by atoms with Crippen LogP contribution in [0.4, 0.5) is 0 Å². The summed E-state index contributed by atoms with van der Waals surface area (Å²) in [7, 11) is 0. The lowest BCUT2D eigenvalue weighted by molar-refractivity contribution is -0.126. The highest BCUT2D eigenvalue weighted by Crippen LogP contribution is 2.23. The molecule has 1 heterocycles. The van der Waals surface area contributed by atoms with Crippen molar-refractivity contribution < 1.29 is 4.79 Å². The highest BCUT2D eigenvalue weighted by atomic mass is 16.1. The lowest BCUT2D eigenvalue weighted by Crippen LogP contribution is -2.35. The van der Waals surface area contributed by atoms with E-state index in [-0.39, 0.29) is 17.9 Å². The molecular weight excluding hydrogens is 252 g/mol. The number of carbonyl (C=O) groups is 1. The molecule has 1 aliphatic rings. The van der Waals surface area contributed by atoms with Gasteiger partial charge >= 0.3 is 0 Å². The smallest absolute Gasteiger partial charge is 0.223 e. The van der Waals surface area contributed by atoms with Crippen molar-refractivity contribution in [3.05, 3.63) is 47.3 Å². The fraction of sp³-hybridized carbons (Fsp3) is 0.400. The number of aryl methyl sites for hydroxylation is 1. The van der Waals surface area contributed by atoms with E-state index in [9.17, 15) is 4.79 Å². The van der Waals surface area contributed by atoms with Crippen LogP contribution < -0.4 is 5.32 Å². The quantitative estimate of drug-likeness (QED) is 0.893. The Kier molecular flexibility index (Phi) is 3.50. The predicted octanol–water partition coefficient (Wildman–Crippen LogP) is 1.79. The monoisotopic (exact) mass is 270 g/mol. The predicted molar refractivity (Wildman–Crippen MR) is 74.9 cm³/mol. The van der Waals surface area contributed by atoms with Crippen molar-refractivity contribution in [1.82, 2.24) is 20.7 Å². The molecule has 0 spiro atoms. The molecule has 0 aliphatic heterocycles. The Morgan fingerprint density at radius 3 is 2.85 bits per heavy atom. The summed E-state index contributed by atoms with van der Waals surface area (Å²) in [6.45, 7) is 2.01. The third-order valence-electron chi connectivity index (χ3n) is 3.90. The summed E-state index contributed by atoms with van der Waals surface area (Å²) in [5, 5.41) is 13.9. The molecule has 0 fully saturated rings. The first-order valence-corrected chi connectivity index (χ1v) is 6.98. The van der Waals surface area contributed by atoms with Crippen molar-refractivity contribution in [2.75, 3.05) is 0 Å². The Hall–Kier alpha value is -2.17. The number of amides is 1. The minimum absolute atomic E-state index is 0.00115. The number of aromatic nitrogens is 3. The number of benzene rings is 1. The van der Waals surface area contributed by atoms with Crippen molar-refractivity contribution in [2.45, 2.75) is 32.2 Å². The first kappa shape index (κ1) is 12.8. The van der Waals surface area contributed by atoms with Crippen molar-refractivity contribution >= 4 is 5.91 Å². The highest BCUT2D eigenvalue weighted by Gasteiger charge is 2.27. The van der Waals surface area contributed by atoms with Crippen LogP contribution in [0.5, 0.6) is 0 Å². The number of aromatic amines is 1. The second kappa shape index (κ2) is 5.45. The van der Waals surface area contributed by atoms with Crippen molar-refractivity contribution in [1.29, 1.82) is 0 Å². The molecule has 0 saturated heterocycles. The molecule has 5 nitrogen and oxygen atoms in total. The third-order valence-corrected chi connectivity index (χ3v) is 3.90. The van der Waals surface area contributed by atoms with Gasteiger partial charge in [-0.15, -0.1) is 0 Å². The maximum atomic E-state index is 12.3. The lowest BCUT2D eigenvalue weighted by atomic mass is 9.89. The maximum Gasteiger partial charge on any atom is 0.223 e. The molecule has 0 saturated carbocycles. The van der Waals surface area contributed by atoms with Crippen LogP contribution in [-0.2, 0) is 17.6 Å². The molecule has 2 N–H and O–H groups in total. The maximum absolute atomic E-state index is 12.3. The number of H-pyrrole nitrogens is 1. The molecule has 2 atom stereocenters. The molecule has 1 amide bonds. The van der Waals surface area contributed by atoms with E-state index in [0.717, 1.165) is 29.8 Å². The third kappa shape index (κ3) is 2.57. The van der Waals surface area contributed by atoms with E-state index in [4.69, 9.17) is 0 Å². The van der Waals surface area contributed by atoms with Gasteiger partial charge in [-0.3, -0.25) is 4.79 Å². The average molecular weight is 270 g/mol. The average Bonchev–Trinajstić information content (AvgIpc) is 2.95. The van der Waals surface area contributed by atoms with E-state index >= 15 is 0 Å². The van der Waals surface area contributed by atoms with Crippen molar-refractivity contribution in [3.63, 3.8) is 0 Å². The molecule has 1 aromatic heterocycles. The van der Waals surface area contributed by atoms with E-state index in [1.807, 2.05) is 37.3 Å². The van der Waals surface area contributed by atoms with Crippen LogP contribution in [-0.4, -0.2) is 21.3 Å². The Balaban J connectivity index is 1.63. The summed E-state index contributed by atoms with van der Waals surface area (Å²) in [4.78, 5) is 12.3. The van der Waals surface area contributed by atoms with Gasteiger partial charge < -0.3 is 5.32 Å². The summed E-state index contributed by atoms with van der Waals surface area (Å²) < 4.78 is 0. The normalized spacial score (nSPS) is 19.1. The lowest BCUT2D eigenvalue weighted by Gasteiger charge is -2.22. The van der Waals surface area contributed by atoms with Crippen LogP contribution in [0.15, 0.2) is 30.3 Å². The summed E-state index contributed by atoms with van der Waals surface area (Å²) in [6, 6.07) is 10.0. The van der Waals surface area contributed by atoms with E-state index in [1.165, 1.54) is 0 Å². The zero-order chi connectivity index (χ0) is 13.9. The summed E-state index contributed by atoms with van der Waals surface area (Å²) in [6.07, 6.45) is 2.34. The molecule has 2 aromatic rings. The van der Waals surface area contributed by atoms with Gasteiger partial charge in [0.1, 0.15) is 0 Å². The molecule has 20 heavy (non-hydrogen) atoms. The molecule has 0 bridgehead atoms. The van der Waals surface area contributed by atoms with Crippen LogP contribution in [0.25, 0.3) is 0 Å². The van der Waals surface area contributed by atoms with Gasteiger partial charge in [0.15, 0.2) is 0 Å². The molecule has 1 aromatic carbocycles. The number of hydrogen-bond donors (Lipinski definition) is 2. The van der Waals surface area contributed by atoms with Gasteiger partial charge in [-0.05, 0) is 25.3 Å². The topological polar surface area (TPSA) is 70.7 Å². The highest BCUT2D eigenvalue weighted by molar-refractivity contribution is 5.79. The number of nitrogens with one attached hydrogen (secondary N) is 2. The summed E-state index contributed by atoms with van der Waals surface area (Å²) in [5.74, 6) is 0.105. The fourth-order valence-corrected chi connectivity index (χ4v) is 2.66. The molecular formula is C15H18N4O. The molecule has 1 aliphatic carbocycles. The van der Waals surface area contributed by atoms with Gasteiger partial charge in [-0.1, -0.05) is 30.3 Å². The van der Waals surface area contributed by atoms with Gasteiger partial charge in [0.05, 0.1) is 17.4 Å². The van der Waals surface area contributed by atoms with E-state index in [1.54, 1.807) is 0 Å². The zero-order valence-corrected chi connectivity index (χ0v) is 11.5. The molecule has 3 rings (SSSR count). The first-order chi connectivity index (χ1) is 9.74. The molecule has 104 valence electrons. The van der Waals surface area contributed by atoms with E-state index in [2.05, 4.69) is 20.7 Å². The second-order valence-electron chi connectivity index (χ2n) is 5.30. The Morgan fingerprint density at radius 1 is 1.30 bits per heavy atom.